The number of likely N-dealkylation sites (tertiary alicyclic amines) is 1. The molecule has 7 heteroatoms. The SMILES string of the molecule is CC1CCN(CCCNC(=O)CCc2ccc(S(=O)(=O)N3CCCC3)cc2)CC1. The molecule has 162 valence electrons. The quantitative estimate of drug-likeness (QED) is 0.623. The minimum Gasteiger partial charge on any atom is -0.356 e. The molecule has 1 amide bonds. The van der Waals surface area contributed by atoms with E-state index in [9.17, 15) is 13.2 Å². The normalized spacial score (nSPS) is 19.5. The molecule has 0 spiro atoms. The zero-order valence-electron chi connectivity index (χ0n) is 17.6. The van der Waals surface area contributed by atoms with Gasteiger partial charge in [-0.2, -0.15) is 4.31 Å². The highest BCUT2D eigenvalue weighted by Gasteiger charge is 2.26. The lowest BCUT2D eigenvalue weighted by Gasteiger charge is -2.30. The lowest BCUT2D eigenvalue weighted by atomic mass is 9.99. The summed E-state index contributed by atoms with van der Waals surface area (Å²) in [6, 6.07) is 6.99. The number of rotatable bonds is 9. The Morgan fingerprint density at radius 2 is 1.72 bits per heavy atom. The van der Waals surface area contributed by atoms with Gasteiger partial charge in [0, 0.05) is 26.1 Å². The Labute approximate surface area is 175 Å². The van der Waals surface area contributed by atoms with Crippen LogP contribution in [0, 0.1) is 5.92 Å². The molecule has 3 rings (SSSR count). The summed E-state index contributed by atoms with van der Waals surface area (Å²) < 4.78 is 26.6. The fraction of sp³-hybridized carbons (Fsp3) is 0.682. The van der Waals surface area contributed by atoms with Gasteiger partial charge in [-0.3, -0.25) is 4.79 Å². The fourth-order valence-electron chi connectivity index (χ4n) is 4.07. The molecule has 1 aromatic carbocycles. The Bertz CT molecular complexity index is 750. The predicted octanol–water partition coefficient (Wildman–Crippen LogP) is 2.64. The van der Waals surface area contributed by atoms with Crippen LogP contribution in [0.25, 0.3) is 0 Å². The molecule has 1 N–H and O–H groups in total. The maximum absolute atomic E-state index is 12.5. The molecule has 2 heterocycles. The summed E-state index contributed by atoms with van der Waals surface area (Å²) in [6.45, 7) is 7.68. The van der Waals surface area contributed by atoms with Crippen LogP contribution in [0.3, 0.4) is 0 Å². The van der Waals surface area contributed by atoms with Crippen LogP contribution in [-0.2, 0) is 21.2 Å². The first kappa shape index (κ1) is 22.2. The Kier molecular flexibility index (Phi) is 8.09. The number of hydrogen-bond acceptors (Lipinski definition) is 4. The first-order valence-electron chi connectivity index (χ1n) is 11.0. The van der Waals surface area contributed by atoms with Gasteiger partial charge in [0.05, 0.1) is 4.90 Å². The average Bonchev–Trinajstić information content (AvgIpc) is 3.27. The lowest BCUT2D eigenvalue weighted by Crippen LogP contribution is -2.35. The molecule has 0 unspecified atom stereocenters. The van der Waals surface area contributed by atoms with Gasteiger partial charge >= 0.3 is 0 Å². The van der Waals surface area contributed by atoms with Gasteiger partial charge in [-0.25, -0.2) is 8.42 Å². The van der Waals surface area contributed by atoms with Gasteiger partial charge in [0.25, 0.3) is 0 Å². The second-order valence-corrected chi connectivity index (χ2v) is 10.4. The third-order valence-corrected chi connectivity index (χ3v) is 8.03. The lowest BCUT2D eigenvalue weighted by molar-refractivity contribution is -0.121. The maximum atomic E-state index is 12.5. The Morgan fingerprint density at radius 3 is 2.38 bits per heavy atom. The fourth-order valence-corrected chi connectivity index (χ4v) is 5.59. The van der Waals surface area contributed by atoms with Gasteiger partial charge in [-0.1, -0.05) is 19.1 Å². The highest BCUT2D eigenvalue weighted by atomic mass is 32.2. The number of hydrogen-bond donors (Lipinski definition) is 1. The van der Waals surface area contributed by atoms with E-state index in [1.165, 1.54) is 25.9 Å². The van der Waals surface area contributed by atoms with Gasteiger partial charge in [0.2, 0.25) is 15.9 Å². The van der Waals surface area contributed by atoms with Crippen LogP contribution < -0.4 is 5.32 Å². The average molecular weight is 422 g/mol. The summed E-state index contributed by atoms with van der Waals surface area (Å²) >= 11 is 0. The second kappa shape index (κ2) is 10.5. The van der Waals surface area contributed by atoms with Gasteiger partial charge in [-0.05, 0) is 81.8 Å². The topological polar surface area (TPSA) is 69.7 Å². The van der Waals surface area contributed by atoms with E-state index in [1.54, 1.807) is 16.4 Å². The molecule has 2 fully saturated rings. The second-order valence-electron chi connectivity index (χ2n) is 8.48. The highest BCUT2D eigenvalue weighted by molar-refractivity contribution is 7.89. The number of carbonyl (C=O) groups excluding carboxylic acids is 1. The Hall–Kier alpha value is -1.44. The minimum atomic E-state index is -3.36. The van der Waals surface area contributed by atoms with E-state index < -0.39 is 10.0 Å². The molecule has 6 nitrogen and oxygen atoms in total. The van der Waals surface area contributed by atoms with E-state index in [0.717, 1.165) is 43.8 Å². The van der Waals surface area contributed by atoms with E-state index in [2.05, 4.69) is 17.1 Å². The monoisotopic (exact) mass is 421 g/mol. The van der Waals surface area contributed by atoms with Gasteiger partial charge in [-0.15, -0.1) is 0 Å². The number of carbonyl (C=O) groups is 1. The van der Waals surface area contributed by atoms with Crippen molar-refractivity contribution in [2.24, 2.45) is 5.92 Å². The summed E-state index contributed by atoms with van der Waals surface area (Å²) in [5.41, 5.74) is 0.989. The molecule has 0 aromatic heterocycles. The van der Waals surface area contributed by atoms with E-state index in [4.69, 9.17) is 0 Å². The standard InChI is InChI=1S/C22H35N3O3S/c1-19-11-17-24(18-12-19)14-4-13-23-22(26)10-7-20-5-8-21(9-6-20)29(27,28)25-15-2-3-16-25/h5-6,8-9,19H,2-4,7,10-18H2,1H3,(H,23,26). The summed E-state index contributed by atoms with van der Waals surface area (Å²) in [5, 5.41) is 3.01. The third kappa shape index (κ3) is 6.52. The molecular weight excluding hydrogens is 386 g/mol. The van der Waals surface area contributed by atoms with Crippen molar-refractivity contribution < 1.29 is 13.2 Å². The molecule has 0 aliphatic carbocycles. The summed E-state index contributed by atoms with van der Waals surface area (Å²) in [4.78, 5) is 14.9. The number of sulfonamides is 1. The molecule has 2 aliphatic heterocycles. The molecule has 0 bridgehead atoms. The zero-order chi connectivity index (χ0) is 20.7. The molecule has 0 atom stereocenters. The number of nitrogens with one attached hydrogen (secondary N) is 1. The summed E-state index contributed by atoms with van der Waals surface area (Å²) in [6.07, 6.45) is 6.48. The van der Waals surface area contributed by atoms with E-state index in [1.807, 2.05) is 12.1 Å². The van der Waals surface area contributed by atoms with Crippen LogP contribution in [0.4, 0.5) is 0 Å². The Morgan fingerprint density at radius 1 is 1.07 bits per heavy atom. The van der Waals surface area contributed by atoms with Crippen molar-refractivity contribution in [1.82, 2.24) is 14.5 Å². The number of piperidine rings is 1. The van der Waals surface area contributed by atoms with Crippen molar-refractivity contribution in [3.8, 4) is 0 Å². The van der Waals surface area contributed by atoms with Gasteiger partial charge in [0.1, 0.15) is 0 Å². The number of aryl methyl sites for hydroxylation is 1. The summed E-state index contributed by atoms with van der Waals surface area (Å²) in [5.74, 6) is 0.909. The zero-order valence-corrected chi connectivity index (χ0v) is 18.4. The molecule has 2 aliphatic rings. The Balaban J connectivity index is 1.34. The van der Waals surface area contributed by atoms with Crippen LogP contribution >= 0.6 is 0 Å². The number of amides is 1. The molecule has 1 aromatic rings. The molecule has 0 saturated carbocycles. The van der Waals surface area contributed by atoms with Gasteiger partial charge < -0.3 is 10.2 Å². The molecule has 29 heavy (non-hydrogen) atoms. The minimum absolute atomic E-state index is 0.0611. The van der Waals surface area contributed by atoms with Crippen molar-refractivity contribution in [3.63, 3.8) is 0 Å². The molecule has 0 radical (unpaired) electrons. The van der Waals surface area contributed by atoms with Crippen LogP contribution in [-0.4, -0.2) is 62.8 Å². The molecule has 2 saturated heterocycles. The maximum Gasteiger partial charge on any atom is 0.243 e. The van der Waals surface area contributed by atoms with E-state index in [-0.39, 0.29) is 5.91 Å². The van der Waals surface area contributed by atoms with Gasteiger partial charge in [0.15, 0.2) is 0 Å². The third-order valence-electron chi connectivity index (χ3n) is 6.12. The first-order chi connectivity index (χ1) is 13.9. The van der Waals surface area contributed by atoms with Crippen LogP contribution in [0.15, 0.2) is 29.2 Å². The van der Waals surface area contributed by atoms with E-state index in [0.29, 0.717) is 30.8 Å². The van der Waals surface area contributed by atoms with Crippen molar-refractivity contribution in [2.75, 3.05) is 39.3 Å². The first-order valence-corrected chi connectivity index (χ1v) is 12.5. The van der Waals surface area contributed by atoms with Crippen molar-refractivity contribution in [1.29, 1.82) is 0 Å². The smallest absolute Gasteiger partial charge is 0.243 e. The predicted molar refractivity (Wildman–Crippen MR) is 115 cm³/mol. The molecular formula is C22H35N3O3S. The van der Waals surface area contributed by atoms with Crippen LogP contribution in [0.2, 0.25) is 0 Å². The van der Waals surface area contributed by atoms with Crippen LogP contribution in [0.5, 0.6) is 0 Å². The largest absolute Gasteiger partial charge is 0.356 e. The van der Waals surface area contributed by atoms with Crippen molar-refractivity contribution in [3.05, 3.63) is 29.8 Å². The van der Waals surface area contributed by atoms with Crippen molar-refractivity contribution >= 4 is 15.9 Å². The highest BCUT2D eigenvalue weighted by Crippen LogP contribution is 2.21. The number of benzene rings is 1. The van der Waals surface area contributed by atoms with Crippen LogP contribution in [0.1, 0.15) is 51.0 Å². The number of nitrogens with zero attached hydrogens (tertiary/aromatic N) is 2. The summed E-state index contributed by atoms with van der Waals surface area (Å²) in [7, 11) is -3.36. The van der Waals surface area contributed by atoms with E-state index >= 15 is 0 Å². The van der Waals surface area contributed by atoms with Crippen molar-refractivity contribution in [2.45, 2.75) is 56.8 Å².